The lowest BCUT2D eigenvalue weighted by Crippen LogP contribution is -2.36. The van der Waals surface area contributed by atoms with Crippen molar-refractivity contribution in [1.82, 2.24) is 14.5 Å². The molecule has 0 aliphatic rings. The molecule has 3 rings (SSSR count). The third kappa shape index (κ3) is 4.83. The molecule has 0 unspecified atom stereocenters. The number of aryl methyl sites for hydroxylation is 1. The number of aromatic nitrogens is 2. The van der Waals surface area contributed by atoms with E-state index in [0.717, 1.165) is 17.7 Å². The Labute approximate surface area is 179 Å². The molecule has 156 valence electrons. The second kappa shape index (κ2) is 9.49. The van der Waals surface area contributed by atoms with Gasteiger partial charge in [0.1, 0.15) is 0 Å². The largest absolute Gasteiger partial charge is 0.336 e. The number of likely N-dealkylation sites (N-methyl/N-ethyl adjacent to an activating group) is 1. The molecule has 0 saturated carbocycles. The Morgan fingerprint density at radius 3 is 2.60 bits per heavy atom. The average Bonchev–Trinajstić information content (AvgIpc) is 2.73. The van der Waals surface area contributed by atoms with Crippen LogP contribution in [0.4, 0.5) is 5.69 Å². The number of carbonyl (C=O) groups excluding carboxylic acids is 2. The van der Waals surface area contributed by atoms with Gasteiger partial charge in [0.15, 0.2) is 4.77 Å². The zero-order valence-electron chi connectivity index (χ0n) is 17.0. The van der Waals surface area contributed by atoms with Crippen LogP contribution in [0, 0.1) is 4.77 Å². The summed E-state index contributed by atoms with van der Waals surface area (Å²) >= 11 is 5.27. The maximum Gasteiger partial charge on any atom is 0.262 e. The minimum absolute atomic E-state index is 0.0606. The summed E-state index contributed by atoms with van der Waals surface area (Å²) < 4.78 is 1.64. The summed E-state index contributed by atoms with van der Waals surface area (Å²) in [5.74, 6) is -0.518. The van der Waals surface area contributed by atoms with Crippen LogP contribution in [0.3, 0.4) is 0 Å². The molecule has 1 heterocycles. The summed E-state index contributed by atoms with van der Waals surface area (Å²) in [6, 6.07) is 14.7. The monoisotopic (exact) mass is 424 g/mol. The van der Waals surface area contributed by atoms with E-state index in [1.807, 2.05) is 37.3 Å². The minimum atomic E-state index is -0.271. The predicted molar refractivity (Wildman–Crippen MR) is 120 cm³/mol. The maximum absolute atomic E-state index is 12.7. The van der Waals surface area contributed by atoms with Gasteiger partial charge in [0.25, 0.3) is 5.56 Å². The van der Waals surface area contributed by atoms with Crippen LogP contribution in [0.2, 0.25) is 0 Å². The number of rotatable bonds is 7. The molecule has 0 radical (unpaired) electrons. The highest BCUT2D eigenvalue weighted by Crippen LogP contribution is 2.15. The first-order chi connectivity index (χ1) is 14.4. The molecule has 1 aromatic heterocycles. The predicted octanol–water partition coefficient (Wildman–Crippen LogP) is 3.11. The van der Waals surface area contributed by atoms with Gasteiger partial charge < -0.3 is 15.2 Å². The third-order valence-corrected chi connectivity index (χ3v) is 5.24. The molecule has 0 spiro atoms. The molecule has 0 bridgehead atoms. The van der Waals surface area contributed by atoms with Crippen molar-refractivity contribution in [2.75, 3.05) is 18.9 Å². The van der Waals surface area contributed by atoms with Crippen molar-refractivity contribution in [1.29, 1.82) is 0 Å². The van der Waals surface area contributed by atoms with Crippen molar-refractivity contribution in [3.05, 3.63) is 69.2 Å². The topological polar surface area (TPSA) is 87.2 Å². The zero-order chi connectivity index (χ0) is 21.7. The fourth-order valence-corrected chi connectivity index (χ4v) is 3.53. The van der Waals surface area contributed by atoms with Crippen molar-refractivity contribution in [3.8, 4) is 0 Å². The van der Waals surface area contributed by atoms with E-state index < -0.39 is 0 Å². The first-order valence-electron chi connectivity index (χ1n) is 9.74. The number of benzene rings is 2. The van der Waals surface area contributed by atoms with Gasteiger partial charge >= 0.3 is 0 Å². The molecule has 8 heteroatoms. The van der Waals surface area contributed by atoms with Gasteiger partial charge in [-0.15, -0.1) is 0 Å². The maximum atomic E-state index is 12.7. The Kier molecular flexibility index (Phi) is 6.79. The van der Waals surface area contributed by atoms with Crippen LogP contribution in [0.1, 0.15) is 18.9 Å². The number of anilines is 1. The minimum Gasteiger partial charge on any atom is -0.336 e. The smallest absolute Gasteiger partial charge is 0.262 e. The third-order valence-electron chi connectivity index (χ3n) is 4.92. The number of H-pyrrole nitrogens is 1. The summed E-state index contributed by atoms with van der Waals surface area (Å²) in [6.45, 7) is 2.08. The van der Waals surface area contributed by atoms with Crippen LogP contribution in [0.25, 0.3) is 10.9 Å². The fourth-order valence-electron chi connectivity index (χ4n) is 3.24. The quantitative estimate of drug-likeness (QED) is 0.571. The van der Waals surface area contributed by atoms with E-state index in [9.17, 15) is 14.4 Å². The molecule has 7 nitrogen and oxygen atoms in total. The lowest BCUT2D eigenvalue weighted by atomic mass is 10.1. The first kappa shape index (κ1) is 21.4. The second-order valence-electron chi connectivity index (χ2n) is 6.99. The summed E-state index contributed by atoms with van der Waals surface area (Å²) in [6.07, 6.45) is 0.858. The number of amides is 2. The van der Waals surface area contributed by atoms with Gasteiger partial charge in [-0.1, -0.05) is 37.3 Å². The number of nitrogens with zero attached hydrogens (tertiary/aromatic N) is 2. The zero-order valence-corrected chi connectivity index (χ0v) is 17.8. The van der Waals surface area contributed by atoms with Crippen LogP contribution in [0.15, 0.2) is 53.3 Å². The van der Waals surface area contributed by atoms with E-state index in [-0.39, 0.29) is 41.7 Å². The summed E-state index contributed by atoms with van der Waals surface area (Å²) in [5, 5.41) is 3.36. The van der Waals surface area contributed by atoms with E-state index in [2.05, 4.69) is 10.3 Å². The van der Waals surface area contributed by atoms with E-state index in [0.29, 0.717) is 10.9 Å². The highest BCUT2D eigenvalue weighted by Gasteiger charge is 2.15. The molecule has 3 aromatic rings. The molecule has 2 aromatic carbocycles. The number of fused-ring (bicyclic) bond motifs is 1. The van der Waals surface area contributed by atoms with E-state index >= 15 is 0 Å². The van der Waals surface area contributed by atoms with E-state index in [1.54, 1.807) is 25.2 Å². The second-order valence-corrected chi connectivity index (χ2v) is 7.38. The molecule has 0 fully saturated rings. The van der Waals surface area contributed by atoms with E-state index in [4.69, 9.17) is 12.2 Å². The molecule has 30 heavy (non-hydrogen) atoms. The molecule has 0 aliphatic heterocycles. The van der Waals surface area contributed by atoms with Crippen LogP contribution in [-0.4, -0.2) is 39.9 Å². The Hall–Kier alpha value is -3.26. The van der Waals surface area contributed by atoms with E-state index in [1.165, 1.54) is 9.47 Å². The molecule has 2 amide bonds. The van der Waals surface area contributed by atoms with Gasteiger partial charge in [0.05, 0.1) is 17.4 Å². The number of para-hydroxylation sites is 2. The number of nitrogens with one attached hydrogen (secondary N) is 2. The number of hydrogen-bond donors (Lipinski definition) is 2. The molecule has 0 atom stereocenters. The molecule has 2 N–H and O–H groups in total. The van der Waals surface area contributed by atoms with Crippen molar-refractivity contribution < 1.29 is 9.59 Å². The lowest BCUT2D eigenvalue weighted by Gasteiger charge is -2.18. The lowest BCUT2D eigenvalue weighted by molar-refractivity contribution is -0.133. The summed E-state index contributed by atoms with van der Waals surface area (Å²) in [5.41, 5.74) is 2.21. The normalized spacial score (nSPS) is 10.7. The molecular formula is C22H24N4O3S. The van der Waals surface area contributed by atoms with Gasteiger partial charge in [-0.05, 0) is 42.4 Å². The Bertz CT molecular complexity index is 1200. The SMILES string of the molecule is CCc1ccccc1NC(=O)CN(C)C(=O)CCn1c(=S)[nH]c2ccccc2c1=O. The van der Waals surface area contributed by atoms with Crippen molar-refractivity contribution >= 4 is 40.6 Å². The van der Waals surface area contributed by atoms with Crippen LogP contribution in [-0.2, 0) is 22.6 Å². The van der Waals surface area contributed by atoms with Crippen molar-refractivity contribution in [2.45, 2.75) is 26.3 Å². The van der Waals surface area contributed by atoms with Crippen LogP contribution < -0.4 is 10.9 Å². The fraction of sp³-hybridized carbons (Fsp3) is 0.273. The average molecular weight is 425 g/mol. The summed E-state index contributed by atoms with van der Waals surface area (Å²) in [7, 11) is 1.57. The Morgan fingerprint density at radius 2 is 1.83 bits per heavy atom. The van der Waals surface area contributed by atoms with Crippen LogP contribution >= 0.6 is 12.2 Å². The highest BCUT2D eigenvalue weighted by molar-refractivity contribution is 7.71. The van der Waals surface area contributed by atoms with Crippen molar-refractivity contribution in [2.24, 2.45) is 0 Å². The number of hydrogen-bond acceptors (Lipinski definition) is 4. The van der Waals surface area contributed by atoms with Crippen LogP contribution in [0.5, 0.6) is 0 Å². The number of carbonyl (C=O) groups is 2. The van der Waals surface area contributed by atoms with Gasteiger partial charge in [0, 0.05) is 25.7 Å². The van der Waals surface area contributed by atoms with Crippen molar-refractivity contribution in [3.63, 3.8) is 0 Å². The molecule has 0 saturated heterocycles. The van der Waals surface area contributed by atoms with Gasteiger partial charge in [-0.25, -0.2) is 0 Å². The molecule has 0 aliphatic carbocycles. The molecular weight excluding hydrogens is 400 g/mol. The summed E-state index contributed by atoms with van der Waals surface area (Å²) in [4.78, 5) is 41.9. The highest BCUT2D eigenvalue weighted by atomic mass is 32.1. The van der Waals surface area contributed by atoms with Gasteiger partial charge in [-0.3, -0.25) is 19.0 Å². The number of aromatic amines is 1. The Balaban J connectivity index is 1.62. The van der Waals surface area contributed by atoms with Gasteiger partial charge in [-0.2, -0.15) is 0 Å². The standard InChI is InChI=1S/C22H24N4O3S/c1-3-15-8-4-6-10-17(15)23-19(27)14-25(2)20(28)12-13-26-21(29)16-9-5-7-11-18(16)24-22(26)30/h4-11H,3,12-14H2,1-2H3,(H,23,27)(H,24,30). The first-order valence-corrected chi connectivity index (χ1v) is 10.1. The Morgan fingerprint density at radius 1 is 1.13 bits per heavy atom. The van der Waals surface area contributed by atoms with Gasteiger partial charge in [0.2, 0.25) is 11.8 Å².